The van der Waals surface area contributed by atoms with Gasteiger partial charge in [0.15, 0.2) is 0 Å². The molecule has 4 nitrogen and oxygen atoms in total. The molecule has 88 valence electrons. The van der Waals surface area contributed by atoms with Gasteiger partial charge in [0.05, 0.1) is 16.5 Å². The molecule has 0 unspecified atom stereocenters. The summed E-state index contributed by atoms with van der Waals surface area (Å²) in [7, 11) is -3.36. The summed E-state index contributed by atoms with van der Waals surface area (Å²) in [6.45, 7) is 1.54. The van der Waals surface area contributed by atoms with Gasteiger partial charge in [-0.05, 0) is 19.1 Å². The third-order valence-electron chi connectivity index (χ3n) is 1.90. The maximum atomic E-state index is 11.4. The monoisotopic (exact) mass is 278 g/mol. The van der Waals surface area contributed by atoms with E-state index < -0.39 is 10.0 Å². The van der Waals surface area contributed by atoms with Crippen LogP contribution in [0, 0.1) is 0 Å². The van der Waals surface area contributed by atoms with Gasteiger partial charge in [-0.25, -0.2) is 8.42 Å². The van der Waals surface area contributed by atoms with Crippen LogP contribution in [-0.2, 0) is 10.0 Å². The number of hydrogen-bond acceptors (Lipinski definition) is 3. The third-order valence-corrected chi connectivity index (χ3v) is 3.75. The van der Waals surface area contributed by atoms with Crippen LogP contribution in [0.5, 0.6) is 0 Å². The Morgan fingerprint density at radius 2 is 2.19 bits per heavy atom. The van der Waals surface area contributed by atoms with E-state index in [0.29, 0.717) is 10.6 Å². The van der Waals surface area contributed by atoms with Crippen LogP contribution in [0.15, 0.2) is 18.2 Å². The van der Waals surface area contributed by atoms with Crippen molar-refractivity contribution in [3.8, 4) is 0 Å². The molecule has 1 rings (SSSR count). The fourth-order valence-electron chi connectivity index (χ4n) is 0.996. The van der Waals surface area contributed by atoms with Crippen molar-refractivity contribution in [1.82, 2.24) is 0 Å². The van der Waals surface area contributed by atoms with Gasteiger partial charge in [-0.15, -0.1) is 0 Å². The largest absolute Gasteiger partial charge is 0.389 e. The molecular weight excluding hydrogens is 268 g/mol. The zero-order chi connectivity index (χ0) is 12.3. The highest BCUT2D eigenvalue weighted by molar-refractivity contribution is 7.92. The first-order valence-corrected chi connectivity index (χ1v) is 6.89. The van der Waals surface area contributed by atoms with Crippen LogP contribution >= 0.6 is 23.8 Å². The molecule has 0 heterocycles. The second-order valence-electron chi connectivity index (χ2n) is 3.06. The van der Waals surface area contributed by atoms with Crippen molar-refractivity contribution in [3.05, 3.63) is 28.8 Å². The van der Waals surface area contributed by atoms with Crippen LogP contribution < -0.4 is 10.5 Å². The molecule has 7 heteroatoms. The molecule has 0 saturated heterocycles. The highest BCUT2D eigenvalue weighted by Gasteiger charge is 2.10. The van der Waals surface area contributed by atoms with Gasteiger partial charge in [0.1, 0.15) is 4.99 Å². The van der Waals surface area contributed by atoms with Crippen LogP contribution in [0.3, 0.4) is 0 Å². The van der Waals surface area contributed by atoms with E-state index in [2.05, 4.69) is 4.72 Å². The van der Waals surface area contributed by atoms with E-state index in [1.165, 1.54) is 13.0 Å². The molecule has 0 saturated carbocycles. The SMILES string of the molecule is CCS(=O)(=O)Nc1cc(C(N)=S)ccc1Cl. The summed E-state index contributed by atoms with van der Waals surface area (Å²) in [4.78, 5) is 0.189. The molecule has 1 aromatic carbocycles. The topological polar surface area (TPSA) is 72.2 Å². The maximum absolute atomic E-state index is 11.4. The lowest BCUT2D eigenvalue weighted by atomic mass is 10.2. The zero-order valence-corrected chi connectivity index (χ0v) is 10.9. The Kier molecular flexibility index (Phi) is 4.12. The lowest BCUT2D eigenvalue weighted by Crippen LogP contribution is -2.16. The number of halogens is 1. The Balaban J connectivity index is 3.13. The predicted octanol–water partition coefficient (Wildman–Crippen LogP) is 1.74. The molecule has 0 aliphatic rings. The van der Waals surface area contributed by atoms with Crippen LogP contribution in [0.1, 0.15) is 12.5 Å². The fourth-order valence-corrected chi connectivity index (χ4v) is 1.99. The normalized spacial score (nSPS) is 11.1. The van der Waals surface area contributed by atoms with E-state index in [4.69, 9.17) is 29.6 Å². The Morgan fingerprint density at radius 3 is 2.69 bits per heavy atom. The van der Waals surface area contributed by atoms with E-state index in [-0.39, 0.29) is 16.4 Å². The van der Waals surface area contributed by atoms with E-state index >= 15 is 0 Å². The Labute approximate surface area is 105 Å². The van der Waals surface area contributed by atoms with Gasteiger partial charge < -0.3 is 5.73 Å². The number of thiocarbonyl (C=S) groups is 1. The van der Waals surface area contributed by atoms with E-state index in [1.807, 2.05) is 0 Å². The summed E-state index contributed by atoms with van der Waals surface area (Å²) in [6.07, 6.45) is 0. The first-order valence-electron chi connectivity index (χ1n) is 4.45. The molecule has 0 aliphatic heterocycles. The minimum atomic E-state index is -3.36. The fraction of sp³-hybridized carbons (Fsp3) is 0.222. The molecule has 0 fully saturated rings. The van der Waals surface area contributed by atoms with Gasteiger partial charge in [-0.3, -0.25) is 4.72 Å². The quantitative estimate of drug-likeness (QED) is 0.823. The minimum absolute atomic E-state index is 0.0272. The van der Waals surface area contributed by atoms with Crippen molar-refractivity contribution in [2.75, 3.05) is 10.5 Å². The molecule has 0 amide bonds. The molecule has 0 spiro atoms. The van der Waals surface area contributed by atoms with Crippen LogP contribution in [0.25, 0.3) is 0 Å². The summed E-state index contributed by atoms with van der Waals surface area (Å²) < 4.78 is 25.1. The average Bonchev–Trinajstić information content (AvgIpc) is 2.21. The molecule has 0 radical (unpaired) electrons. The van der Waals surface area contributed by atoms with Crippen LogP contribution in [0.2, 0.25) is 5.02 Å². The molecule has 0 bridgehead atoms. The lowest BCUT2D eigenvalue weighted by molar-refractivity contribution is 0.602. The van der Waals surface area contributed by atoms with Gasteiger partial charge in [0.2, 0.25) is 10.0 Å². The molecular formula is C9H11ClN2O2S2. The molecule has 3 N–H and O–H groups in total. The first kappa shape index (κ1) is 13.2. The maximum Gasteiger partial charge on any atom is 0.232 e. The highest BCUT2D eigenvalue weighted by Crippen LogP contribution is 2.24. The summed E-state index contributed by atoms with van der Waals surface area (Å²) in [5, 5.41) is 0.303. The minimum Gasteiger partial charge on any atom is -0.389 e. The summed E-state index contributed by atoms with van der Waals surface area (Å²) in [5.74, 6) is -0.0272. The average molecular weight is 279 g/mol. The number of nitrogens with two attached hydrogens (primary N) is 1. The van der Waals surface area contributed by atoms with Crippen molar-refractivity contribution >= 4 is 44.5 Å². The number of nitrogens with one attached hydrogen (secondary N) is 1. The summed E-state index contributed by atoms with van der Waals surface area (Å²) in [6, 6.07) is 4.69. The Hall–Kier alpha value is -0.850. The predicted molar refractivity (Wildman–Crippen MR) is 70.4 cm³/mol. The second-order valence-corrected chi connectivity index (χ2v) is 5.92. The first-order chi connectivity index (χ1) is 7.35. The smallest absolute Gasteiger partial charge is 0.232 e. The molecule has 0 aromatic heterocycles. The highest BCUT2D eigenvalue weighted by atomic mass is 35.5. The summed E-state index contributed by atoms with van der Waals surface area (Å²) >= 11 is 10.6. The number of rotatable bonds is 4. The van der Waals surface area contributed by atoms with E-state index in [9.17, 15) is 8.42 Å². The summed E-state index contributed by atoms with van der Waals surface area (Å²) in [5.41, 5.74) is 6.29. The van der Waals surface area contributed by atoms with Gasteiger partial charge in [-0.2, -0.15) is 0 Å². The molecule has 0 atom stereocenters. The van der Waals surface area contributed by atoms with Crippen molar-refractivity contribution in [2.45, 2.75) is 6.92 Å². The van der Waals surface area contributed by atoms with Gasteiger partial charge in [0, 0.05) is 5.56 Å². The van der Waals surface area contributed by atoms with Crippen LogP contribution in [-0.4, -0.2) is 19.2 Å². The Morgan fingerprint density at radius 1 is 1.56 bits per heavy atom. The van der Waals surface area contributed by atoms with Gasteiger partial charge in [-0.1, -0.05) is 29.9 Å². The third kappa shape index (κ3) is 3.33. The number of hydrogen-bond donors (Lipinski definition) is 2. The number of sulfonamides is 1. The lowest BCUT2D eigenvalue weighted by Gasteiger charge is -2.09. The molecule has 1 aromatic rings. The number of anilines is 1. The van der Waals surface area contributed by atoms with Crippen molar-refractivity contribution in [1.29, 1.82) is 0 Å². The molecule has 16 heavy (non-hydrogen) atoms. The van der Waals surface area contributed by atoms with Gasteiger partial charge in [0.25, 0.3) is 0 Å². The van der Waals surface area contributed by atoms with Crippen molar-refractivity contribution in [2.24, 2.45) is 5.73 Å². The standard InChI is InChI=1S/C9H11ClN2O2S2/c1-2-16(13,14)12-8-5-6(9(11)15)3-4-7(8)10/h3-5,12H,2H2,1H3,(H2,11,15). The Bertz CT molecular complexity index is 514. The van der Waals surface area contributed by atoms with Gasteiger partial charge >= 0.3 is 0 Å². The molecule has 0 aliphatic carbocycles. The zero-order valence-electron chi connectivity index (χ0n) is 8.53. The van der Waals surface area contributed by atoms with E-state index in [1.54, 1.807) is 12.1 Å². The van der Waals surface area contributed by atoms with Crippen molar-refractivity contribution in [3.63, 3.8) is 0 Å². The van der Waals surface area contributed by atoms with Crippen molar-refractivity contribution < 1.29 is 8.42 Å². The van der Waals surface area contributed by atoms with Crippen LogP contribution in [0.4, 0.5) is 5.69 Å². The van der Waals surface area contributed by atoms with E-state index in [0.717, 1.165) is 0 Å². The second kappa shape index (κ2) is 4.99. The number of benzene rings is 1.